The first-order chi connectivity index (χ1) is 10.5. The van der Waals surface area contributed by atoms with Crippen molar-refractivity contribution in [3.63, 3.8) is 0 Å². The first-order valence-electron chi connectivity index (χ1n) is 6.40. The highest BCUT2D eigenvalue weighted by Gasteiger charge is 2.12. The molecule has 0 aliphatic heterocycles. The molecule has 2 rings (SSSR count). The van der Waals surface area contributed by atoms with Gasteiger partial charge in [0, 0.05) is 6.07 Å². The van der Waals surface area contributed by atoms with Crippen LogP contribution in [0.3, 0.4) is 0 Å². The van der Waals surface area contributed by atoms with E-state index in [2.05, 4.69) is 5.32 Å². The minimum atomic E-state index is -0.622. The molecule has 7 nitrogen and oxygen atoms in total. The SMILES string of the molecule is COc1ccc(CC(=O)Nc2ccc([N+](=O)[O-])cc2O)cc1. The molecule has 0 bridgehead atoms. The summed E-state index contributed by atoms with van der Waals surface area (Å²) in [5.41, 5.74) is 0.662. The summed E-state index contributed by atoms with van der Waals surface area (Å²) in [6.45, 7) is 0. The second-order valence-electron chi connectivity index (χ2n) is 4.53. The van der Waals surface area contributed by atoms with Crippen LogP contribution in [0.5, 0.6) is 11.5 Å². The summed E-state index contributed by atoms with van der Waals surface area (Å²) in [6.07, 6.45) is 0.112. The molecule has 7 heteroatoms. The zero-order valence-corrected chi connectivity index (χ0v) is 11.8. The highest BCUT2D eigenvalue weighted by atomic mass is 16.6. The van der Waals surface area contributed by atoms with Crippen LogP contribution in [0.4, 0.5) is 11.4 Å². The molecule has 0 aliphatic carbocycles. The molecule has 1 amide bonds. The molecule has 114 valence electrons. The average Bonchev–Trinajstić information content (AvgIpc) is 2.50. The molecule has 0 heterocycles. The van der Waals surface area contributed by atoms with Crippen molar-refractivity contribution in [3.8, 4) is 11.5 Å². The zero-order chi connectivity index (χ0) is 16.1. The van der Waals surface area contributed by atoms with E-state index in [-0.39, 0.29) is 29.5 Å². The lowest BCUT2D eigenvalue weighted by Crippen LogP contribution is -2.14. The number of benzene rings is 2. The number of phenols is 1. The van der Waals surface area contributed by atoms with Crippen molar-refractivity contribution in [2.24, 2.45) is 0 Å². The number of anilines is 1. The molecule has 0 radical (unpaired) electrons. The van der Waals surface area contributed by atoms with E-state index < -0.39 is 4.92 Å². The predicted octanol–water partition coefficient (Wildman–Crippen LogP) is 2.49. The van der Waals surface area contributed by atoms with Gasteiger partial charge in [-0.2, -0.15) is 0 Å². The lowest BCUT2D eigenvalue weighted by molar-refractivity contribution is -0.384. The number of carbonyl (C=O) groups excluding carboxylic acids is 1. The maximum absolute atomic E-state index is 11.9. The van der Waals surface area contributed by atoms with Crippen LogP contribution in [0, 0.1) is 10.1 Å². The van der Waals surface area contributed by atoms with Crippen LogP contribution in [-0.4, -0.2) is 23.0 Å². The van der Waals surface area contributed by atoms with E-state index in [1.54, 1.807) is 31.4 Å². The molecular formula is C15H14N2O5. The van der Waals surface area contributed by atoms with Gasteiger partial charge in [-0.15, -0.1) is 0 Å². The molecule has 0 unspecified atom stereocenters. The van der Waals surface area contributed by atoms with E-state index in [1.165, 1.54) is 12.1 Å². The topological polar surface area (TPSA) is 102 Å². The number of ether oxygens (including phenoxy) is 1. The average molecular weight is 302 g/mol. The Balaban J connectivity index is 2.03. The molecule has 0 saturated carbocycles. The van der Waals surface area contributed by atoms with Gasteiger partial charge < -0.3 is 15.2 Å². The van der Waals surface area contributed by atoms with Gasteiger partial charge in [0.25, 0.3) is 5.69 Å². The molecule has 2 aromatic carbocycles. The zero-order valence-electron chi connectivity index (χ0n) is 11.8. The number of carbonyl (C=O) groups is 1. The summed E-state index contributed by atoms with van der Waals surface area (Å²) in [4.78, 5) is 21.9. The maximum atomic E-state index is 11.9. The normalized spacial score (nSPS) is 10.0. The van der Waals surface area contributed by atoms with E-state index >= 15 is 0 Å². The number of nitro benzene ring substituents is 1. The van der Waals surface area contributed by atoms with Crippen molar-refractivity contribution >= 4 is 17.3 Å². The van der Waals surface area contributed by atoms with E-state index in [0.29, 0.717) is 5.75 Å². The molecule has 2 aromatic rings. The molecule has 2 N–H and O–H groups in total. The van der Waals surface area contributed by atoms with Crippen LogP contribution in [0.25, 0.3) is 0 Å². The number of rotatable bonds is 5. The molecule has 0 aliphatic rings. The van der Waals surface area contributed by atoms with E-state index in [4.69, 9.17) is 4.74 Å². The molecule has 0 fully saturated rings. The fourth-order valence-corrected chi connectivity index (χ4v) is 1.86. The number of aromatic hydroxyl groups is 1. The van der Waals surface area contributed by atoms with Crippen molar-refractivity contribution < 1.29 is 19.6 Å². The first-order valence-corrected chi connectivity index (χ1v) is 6.40. The van der Waals surface area contributed by atoms with Gasteiger partial charge in [0.1, 0.15) is 11.5 Å². The van der Waals surface area contributed by atoms with E-state index in [1.807, 2.05) is 0 Å². The van der Waals surface area contributed by atoms with Crippen LogP contribution in [0.15, 0.2) is 42.5 Å². The lowest BCUT2D eigenvalue weighted by atomic mass is 10.1. The van der Waals surface area contributed by atoms with Crippen molar-refractivity contribution in [2.75, 3.05) is 12.4 Å². The van der Waals surface area contributed by atoms with Gasteiger partial charge in [-0.1, -0.05) is 12.1 Å². The third kappa shape index (κ3) is 3.72. The van der Waals surface area contributed by atoms with Crippen molar-refractivity contribution in [3.05, 3.63) is 58.1 Å². The Morgan fingerprint density at radius 1 is 1.27 bits per heavy atom. The van der Waals surface area contributed by atoms with Crippen LogP contribution < -0.4 is 10.1 Å². The Bertz CT molecular complexity index is 698. The fraction of sp³-hybridized carbons (Fsp3) is 0.133. The van der Waals surface area contributed by atoms with Gasteiger partial charge in [-0.05, 0) is 23.8 Å². The highest BCUT2D eigenvalue weighted by molar-refractivity contribution is 5.93. The monoisotopic (exact) mass is 302 g/mol. The van der Waals surface area contributed by atoms with Gasteiger partial charge in [0.15, 0.2) is 0 Å². The number of amides is 1. The van der Waals surface area contributed by atoms with Crippen molar-refractivity contribution in [1.82, 2.24) is 0 Å². The van der Waals surface area contributed by atoms with Crippen LogP contribution in [0.2, 0.25) is 0 Å². The number of methoxy groups -OCH3 is 1. The van der Waals surface area contributed by atoms with E-state index in [0.717, 1.165) is 11.6 Å². The summed E-state index contributed by atoms with van der Waals surface area (Å²) in [6, 6.07) is 10.5. The Morgan fingerprint density at radius 3 is 2.50 bits per heavy atom. The number of phenolic OH excluding ortho intramolecular Hbond substituents is 1. The number of hydrogen-bond acceptors (Lipinski definition) is 5. The molecule has 0 saturated heterocycles. The molecule has 0 spiro atoms. The van der Waals surface area contributed by atoms with Crippen molar-refractivity contribution in [1.29, 1.82) is 0 Å². The number of nitrogens with zero attached hydrogens (tertiary/aromatic N) is 1. The van der Waals surface area contributed by atoms with Gasteiger partial charge >= 0.3 is 0 Å². The minimum Gasteiger partial charge on any atom is -0.506 e. The standard InChI is InChI=1S/C15H14N2O5/c1-22-12-5-2-10(3-6-12)8-15(19)16-13-7-4-11(17(20)21)9-14(13)18/h2-7,9,18H,8H2,1H3,(H,16,19). The number of nitro groups is 1. The van der Waals surface area contributed by atoms with Crippen LogP contribution >= 0.6 is 0 Å². The Kier molecular flexibility index (Phi) is 4.57. The molecule has 0 aromatic heterocycles. The second kappa shape index (κ2) is 6.57. The summed E-state index contributed by atoms with van der Waals surface area (Å²) in [7, 11) is 1.55. The number of hydrogen-bond donors (Lipinski definition) is 2. The van der Waals surface area contributed by atoms with Gasteiger partial charge in [0.2, 0.25) is 5.91 Å². The third-order valence-corrected chi connectivity index (χ3v) is 2.99. The van der Waals surface area contributed by atoms with Gasteiger partial charge in [-0.3, -0.25) is 14.9 Å². The Labute approximate surface area is 126 Å². The summed E-state index contributed by atoms with van der Waals surface area (Å²) >= 11 is 0. The smallest absolute Gasteiger partial charge is 0.273 e. The molecular weight excluding hydrogens is 288 g/mol. The summed E-state index contributed by atoms with van der Waals surface area (Å²) < 4.78 is 5.03. The molecule has 0 atom stereocenters. The largest absolute Gasteiger partial charge is 0.506 e. The van der Waals surface area contributed by atoms with Crippen molar-refractivity contribution in [2.45, 2.75) is 6.42 Å². The third-order valence-electron chi connectivity index (χ3n) is 2.99. The Morgan fingerprint density at radius 2 is 1.95 bits per heavy atom. The summed E-state index contributed by atoms with van der Waals surface area (Å²) in [5.74, 6) is 0.00349. The predicted molar refractivity (Wildman–Crippen MR) is 80.1 cm³/mol. The highest BCUT2D eigenvalue weighted by Crippen LogP contribution is 2.27. The first kappa shape index (κ1) is 15.3. The lowest BCUT2D eigenvalue weighted by Gasteiger charge is -2.07. The fourth-order valence-electron chi connectivity index (χ4n) is 1.86. The molecule has 22 heavy (non-hydrogen) atoms. The van der Waals surface area contributed by atoms with E-state index in [9.17, 15) is 20.0 Å². The summed E-state index contributed by atoms with van der Waals surface area (Å²) in [5, 5.41) is 22.8. The maximum Gasteiger partial charge on any atom is 0.273 e. The second-order valence-corrected chi connectivity index (χ2v) is 4.53. The quantitative estimate of drug-likeness (QED) is 0.502. The van der Waals surface area contributed by atoms with Gasteiger partial charge in [-0.25, -0.2) is 0 Å². The van der Waals surface area contributed by atoms with Gasteiger partial charge in [0.05, 0.1) is 30.2 Å². The number of nitrogens with one attached hydrogen (secondary N) is 1. The van der Waals surface area contributed by atoms with Crippen LogP contribution in [-0.2, 0) is 11.2 Å². The Hall–Kier alpha value is -3.09. The minimum absolute atomic E-state index is 0.112. The number of non-ortho nitro benzene ring substituents is 1. The van der Waals surface area contributed by atoms with Crippen LogP contribution in [0.1, 0.15) is 5.56 Å².